The van der Waals surface area contributed by atoms with Crippen molar-refractivity contribution in [2.75, 3.05) is 13.1 Å². The van der Waals surface area contributed by atoms with Gasteiger partial charge in [-0.2, -0.15) is 5.10 Å². The minimum atomic E-state index is 0.438. The SMILES string of the molecule is CCNC(=NCc1ccc(-n2cncn2)cc1)NCC(C)Sc1ccccc1. The molecular weight excluding hydrogens is 368 g/mol. The Labute approximate surface area is 170 Å². The van der Waals surface area contributed by atoms with E-state index in [-0.39, 0.29) is 0 Å². The zero-order valence-electron chi connectivity index (χ0n) is 16.2. The highest BCUT2D eigenvalue weighted by molar-refractivity contribution is 8.00. The molecule has 0 saturated heterocycles. The van der Waals surface area contributed by atoms with Gasteiger partial charge in [-0.15, -0.1) is 11.8 Å². The summed E-state index contributed by atoms with van der Waals surface area (Å²) in [6.07, 6.45) is 3.22. The summed E-state index contributed by atoms with van der Waals surface area (Å²) in [5, 5.41) is 11.3. The van der Waals surface area contributed by atoms with Crippen LogP contribution >= 0.6 is 11.8 Å². The zero-order chi connectivity index (χ0) is 19.6. The first-order chi connectivity index (χ1) is 13.7. The van der Waals surface area contributed by atoms with Crippen molar-refractivity contribution in [3.63, 3.8) is 0 Å². The first-order valence-corrected chi connectivity index (χ1v) is 10.3. The smallest absolute Gasteiger partial charge is 0.191 e. The minimum absolute atomic E-state index is 0.438. The minimum Gasteiger partial charge on any atom is -0.357 e. The third-order valence-corrected chi connectivity index (χ3v) is 5.13. The third kappa shape index (κ3) is 6.13. The van der Waals surface area contributed by atoms with E-state index in [1.807, 2.05) is 30.0 Å². The van der Waals surface area contributed by atoms with Gasteiger partial charge in [0, 0.05) is 23.2 Å². The lowest BCUT2D eigenvalue weighted by molar-refractivity contribution is 0.794. The van der Waals surface area contributed by atoms with E-state index in [0.717, 1.165) is 30.3 Å². The molecule has 0 amide bonds. The number of nitrogens with zero attached hydrogens (tertiary/aromatic N) is 4. The van der Waals surface area contributed by atoms with Crippen LogP contribution in [0.15, 0.2) is 77.1 Å². The van der Waals surface area contributed by atoms with Gasteiger partial charge in [0.2, 0.25) is 0 Å². The Morgan fingerprint density at radius 1 is 1.11 bits per heavy atom. The third-order valence-electron chi connectivity index (χ3n) is 4.02. The van der Waals surface area contributed by atoms with Crippen molar-refractivity contribution in [2.45, 2.75) is 30.5 Å². The molecule has 7 heteroatoms. The number of hydrogen-bond acceptors (Lipinski definition) is 4. The maximum atomic E-state index is 4.71. The number of rotatable bonds is 8. The molecule has 146 valence electrons. The lowest BCUT2D eigenvalue weighted by Gasteiger charge is -2.15. The van der Waals surface area contributed by atoms with E-state index in [0.29, 0.717) is 11.8 Å². The number of aromatic nitrogens is 3. The van der Waals surface area contributed by atoms with Gasteiger partial charge < -0.3 is 10.6 Å². The van der Waals surface area contributed by atoms with E-state index in [4.69, 9.17) is 4.99 Å². The predicted molar refractivity (Wildman–Crippen MR) is 116 cm³/mol. The lowest BCUT2D eigenvalue weighted by Crippen LogP contribution is -2.40. The molecule has 0 aliphatic heterocycles. The monoisotopic (exact) mass is 394 g/mol. The second-order valence-electron chi connectivity index (χ2n) is 6.32. The van der Waals surface area contributed by atoms with E-state index < -0.39 is 0 Å². The van der Waals surface area contributed by atoms with Gasteiger partial charge in [-0.05, 0) is 36.8 Å². The molecule has 1 aromatic heterocycles. The quantitative estimate of drug-likeness (QED) is 0.348. The van der Waals surface area contributed by atoms with Gasteiger partial charge in [-0.3, -0.25) is 0 Å². The van der Waals surface area contributed by atoms with Crippen LogP contribution in [0.1, 0.15) is 19.4 Å². The van der Waals surface area contributed by atoms with Gasteiger partial charge >= 0.3 is 0 Å². The second-order valence-corrected chi connectivity index (χ2v) is 7.84. The van der Waals surface area contributed by atoms with Crippen LogP contribution in [0, 0.1) is 0 Å². The Balaban J connectivity index is 1.53. The van der Waals surface area contributed by atoms with Gasteiger partial charge in [-0.25, -0.2) is 14.7 Å². The number of hydrogen-bond donors (Lipinski definition) is 2. The van der Waals surface area contributed by atoms with E-state index in [2.05, 4.69) is 71.0 Å². The fraction of sp³-hybridized carbons (Fsp3) is 0.286. The number of thioether (sulfide) groups is 1. The van der Waals surface area contributed by atoms with Crippen LogP contribution in [0.5, 0.6) is 0 Å². The summed E-state index contributed by atoms with van der Waals surface area (Å²) < 4.78 is 1.74. The van der Waals surface area contributed by atoms with Crippen molar-refractivity contribution >= 4 is 17.7 Å². The van der Waals surface area contributed by atoms with Crippen molar-refractivity contribution in [3.05, 3.63) is 72.8 Å². The van der Waals surface area contributed by atoms with Crippen molar-refractivity contribution in [3.8, 4) is 5.69 Å². The largest absolute Gasteiger partial charge is 0.357 e. The summed E-state index contributed by atoms with van der Waals surface area (Å²) in [5.41, 5.74) is 2.13. The normalized spacial score (nSPS) is 12.6. The van der Waals surface area contributed by atoms with Gasteiger partial charge in [0.15, 0.2) is 5.96 Å². The van der Waals surface area contributed by atoms with Crippen molar-refractivity contribution in [2.24, 2.45) is 4.99 Å². The molecule has 1 unspecified atom stereocenters. The highest BCUT2D eigenvalue weighted by Crippen LogP contribution is 2.21. The Bertz CT molecular complexity index is 846. The Morgan fingerprint density at radius 3 is 2.57 bits per heavy atom. The highest BCUT2D eigenvalue weighted by Gasteiger charge is 2.06. The van der Waals surface area contributed by atoms with E-state index in [1.54, 1.807) is 11.0 Å². The van der Waals surface area contributed by atoms with E-state index in [1.165, 1.54) is 11.2 Å². The molecule has 28 heavy (non-hydrogen) atoms. The number of aliphatic imine (C=N–C) groups is 1. The van der Waals surface area contributed by atoms with Gasteiger partial charge in [0.25, 0.3) is 0 Å². The number of nitrogens with one attached hydrogen (secondary N) is 2. The first kappa shape index (κ1) is 19.9. The zero-order valence-corrected chi connectivity index (χ0v) is 17.1. The Morgan fingerprint density at radius 2 is 1.89 bits per heavy atom. The van der Waals surface area contributed by atoms with Crippen molar-refractivity contribution in [1.82, 2.24) is 25.4 Å². The molecule has 0 fully saturated rings. The summed E-state index contributed by atoms with van der Waals surface area (Å²) in [7, 11) is 0. The Hall–Kier alpha value is -2.80. The van der Waals surface area contributed by atoms with Crippen LogP contribution in [0.2, 0.25) is 0 Å². The van der Waals surface area contributed by atoms with Crippen LogP contribution in [-0.4, -0.2) is 39.1 Å². The highest BCUT2D eigenvalue weighted by atomic mass is 32.2. The molecule has 2 N–H and O–H groups in total. The second kappa shape index (κ2) is 10.5. The molecule has 0 bridgehead atoms. The predicted octanol–water partition coefficient (Wildman–Crippen LogP) is 3.50. The van der Waals surface area contributed by atoms with Gasteiger partial charge in [-0.1, -0.05) is 37.3 Å². The first-order valence-electron chi connectivity index (χ1n) is 9.42. The molecule has 1 atom stereocenters. The molecule has 0 saturated carbocycles. The Kier molecular flexibility index (Phi) is 7.49. The van der Waals surface area contributed by atoms with Crippen LogP contribution in [-0.2, 0) is 6.54 Å². The van der Waals surface area contributed by atoms with E-state index >= 15 is 0 Å². The molecule has 0 aliphatic carbocycles. The summed E-state index contributed by atoms with van der Waals surface area (Å²) >= 11 is 1.86. The van der Waals surface area contributed by atoms with Crippen LogP contribution in [0.3, 0.4) is 0 Å². The number of benzene rings is 2. The van der Waals surface area contributed by atoms with Crippen molar-refractivity contribution < 1.29 is 0 Å². The molecule has 3 aromatic rings. The topological polar surface area (TPSA) is 67.1 Å². The summed E-state index contributed by atoms with van der Waals surface area (Å²) in [6, 6.07) is 18.7. The van der Waals surface area contributed by atoms with Gasteiger partial charge in [0.05, 0.1) is 12.2 Å². The molecule has 3 rings (SSSR count). The molecular formula is C21H26N6S. The fourth-order valence-corrected chi connectivity index (χ4v) is 3.57. The molecule has 0 spiro atoms. The molecule has 2 aromatic carbocycles. The standard InChI is InChI=1S/C21H26N6S/c1-3-23-21(24-13-17(2)28-20-7-5-4-6-8-20)25-14-18-9-11-19(12-10-18)27-16-22-15-26-27/h4-12,15-17H,3,13-14H2,1-2H3,(H2,23,24,25). The maximum absolute atomic E-state index is 4.71. The van der Waals surface area contributed by atoms with Gasteiger partial charge in [0.1, 0.15) is 12.7 Å². The maximum Gasteiger partial charge on any atom is 0.191 e. The van der Waals surface area contributed by atoms with Crippen molar-refractivity contribution in [1.29, 1.82) is 0 Å². The summed E-state index contributed by atoms with van der Waals surface area (Å²) in [5.74, 6) is 0.836. The average Bonchev–Trinajstić information content (AvgIpc) is 3.26. The lowest BCUT2D eigenvalue weighted by atomic mass is 10.2. The molecule has 0 aliphatic rings. The number of guanidine groups is 1. The fourth-order valence-electron chi connectivity index (χ4n) is 2.62. The summed E-state index contributed by atoms with van der Waals surface area (Å²) in [4.78, 5) is 9.96. The average molecular weight is 395 g/mol. The van der Waals surface area contributed by atoms with Crippen LogP contribution in [0.4, 0.5) is 0 Å². The summed E-state index contributed by atoms with van der Waals surface area (Å²) in [6.45, 7) is 6.59. The molecule has 6 nitrogen and oxygen atoms in total. The molecule has 1 heterocycles. The molecule has 0 radical (unpaired) electrons. The van der Waals surface area contributed by atoms with Crippen LogP contribution in [0.25, 0.3) is 5.69 Å². The van der Waals surface area contributed by atoms with E-state index in [9.17, 15) is 0 Å². The van der Waals surface area contributed by atoms with Crippen LogP contribution < -0.4 is 10.6 Å².